The van der Waals surface area contributed by atoms with Crippen molar-refractivity contribution in [1.82, 2.24) is 5.32 Å². The molecular formula is C8H4BrFN. The van der Waals surface area contributed by atoms with Crippen molar-refractivity contribution in [1.29, 1.82) is 0 Å². The molecule has 0 spiro atoms. The molecule has 1 aliphatic heterocycles. The van der Waals surface area contributed by atoms with Gasteiger partial charge < -0.3 is 0 Å². The fourth-order valence-corrected chi connectivity index (χ4v) is 1.33. The van der Waals surface area contributed by atoms with Crippen LogP contribution < -0.4 is 5.32 Å². The van der Waals surface area contributed by atoms with E-state index in [9.17, 15) is 4.39 Å². The fourth-order valence-electron chi connectivity index (χ4n) is 0.995. The van der Waals surface area contributed by atoms with Crippen molar-refractivity contribution in [3.8, 4) is 0 Å². The zero-order valence-corrected chi connectivity index (χ0v) is 7.10. The summed E-state index contributed by atoms with van der Waals surface area (Å²) in [4.78, 5) is 0. The van der Waals surface area contributed by atoms with Gasteiger partial charge in [0.25, 0.3) is 0 Å². The molecule has 2 rings (SSSR count). The lowest BCUT2D eigenvalue weighted by atomic mass is 10.2. The SMILES string of the molecule is Fc1cc2c(cc1Br)[N]C=C2. The van der Waals surface area contributed by atoms with Gasteiger partial charge in [-0.3, -0.25) is 5.32 Å². The van der Waals surface area contributed by atoms with Crippen molar-refractivity contribution in [2.45, 2.75) is 0 Å². The van der Waals surface area contributed by atoms with E-state index in [0.717, 1.165) is 11.3 Å². The van der Waals surface area contributed by atoms with Crippen LogP contribution in [-0.4, -0.2) is 0 Å². The van der Waals surface area contributed by atoms with Crippen molar-refractivity contribution in [2.75, 3.05) is 0 Å². The minimum absolute atomic E-state index is 0.245. The van der Waals surface area contributed by atoms with Gasteiger partial charge in [0.05, 0.1) is 10.2 Å². The smallest absolute Gasteiger partial charge is 0.138 e. The Kier molecular flexibility index (Phi) is 1.46. The fraction of sp³-hybridized carbons (Fsp3) is 0. The number of nitrogens with zero attached hydrogens (tertiary/aromatic N) is 1. The number of rotatable bonds is 0. The van der Waals surface area contributed by atoms with Crippen molar-refractivity contribution in [3.05, 3.63) is 34.2 Å². The first-order valence-corrected chi connectivity index (χ1v) is 3.93. The summed E-state index contributed by atoms with van der Waals surface area (Å²) in [6.07, 6.45) is 3.45. The highest BCUT2D eigenvalue weighted by molar-refractivity contribution is 9.10. The number of benzene rings is 1. The van der Waals surface area contributed by atoms with Gasteiger partial charge in [0.15, 0.2) is 0 Å². The van der Waals surface area contributed by atoms with E-state index in [0.29, 0.717) is 4.47 Å². The molecule has 0 saturated carbocycles. The Balaban J connectivity index is 2.63. The highest BCUT2D eigenvalue weighted by Crippen LogP contribution is 2.28. The van der Waals surface area contributed by atoms with E-state index in [1.165, 1.54) is 6.07 Å². The predicted molar refractivity (Wildman–Crippen MR) is 44.9 cm³/mol. The summed E-state index contributed by atoms with van der Waals surface area (Å²) in [7, 11) is 0. The summed E-state index contributed by atoms with van der Waals surface area (Å²) < 4.78 is 13.3. The van der Waals surface area contributed by atoms with E-state index in [-0.39, 0.29) is 5.82 Å². The van der Waals surface area contributed by atoms with E-state index in [4.69, 9.17) is 0 Å². The summed E-state index contributed by atoms with van der Waals surface area (Å²) in [5.74, 6) is -0.245. The lowest BCUT2D eigenvalue weighted by molar-refractivity contribution is 0.621. The molecule has 0 N–H and O–H groups in total. The standard InChI is InChI=1S/C8H4BrFN/c9-6-4-8-5(1-2-11-8)3-7(6)10/h1-4H. The minimum Gasteiger partial charge on any atom is -0.256 e. The largest absolute Gasteiger partial charge is 0.256 e. The Labute approximate surface area is 72.0 Å². The van der Waals surface area contributed by atoms with Crippen LogP contribution in [0.3, 0.4) is 0 Å². The van der Waals surface area contributed by atoms with Crippen molar-refractivity contribution in [2.24, 2.45) is 0 Å². The number of fused-ring (bicyclic) bond motifs is 1. The number of hydrogen-bond donors (Lipinski definition) is 0. The molecule has 1 heterocycles. The minimum atomic E-state index is -0.245. The van der Waals surface area contributed by atoms with Crippen LogP contribution >= 0.6 is 15.9 Å². The molecule has 55 valence electrons. The zero-order valence-electron chi connectivity index (χ0n) is 5.51. The summed E-state index contributed by atoms with van der Waals surface area (Å²) >= 11 is 3.09. The maximum atomic E-state index is 12.9. The normalized spacial score (nSPS) is 12.9. The Hall–Kier alpha value is -0.830. The molecule has 11 heavy (non-hydrogen) atoms. The molecule has 1 radical (unpaired) electrons. The van der Waals surface area contributed by atoms with Gasteiger partial charge in [-0.05, 0) is 34.1 Å². The Morgan fingerprint density at radius 3 is 3.00 bits per heavy atom. The number of hydrogen-bond acceptors (Lipinski definition) is 0. The molecule has 0 amide bonds. The third-order valence-electron chi connectivity index (χ3n) is 1.54. The van der Waals surface area contributed by atoms with Crippen LogP contribution in [0.1, 0.15) is 5.56 Å². The highest BCUT2D eigenvalue weighted by Gasteiger charge is 2.09. The van der Waals surface area contributed by atoms with Gasteiger partial charge >= 0.3 is 0 Å². The zero-order chi connectivity index (χ0) is 7.84. The van der Waals surface area contributed by atoms with Crippen LogP contribution in [0.5, 0.6) is 0 Å². The van der Waals surface area contributed by atoms with Gasteiger partial charge in [-0.25, -0.2) is 4.39 Å². The van der Waals surface area contributed by atoms with Crippen LogP contribution in [-0.2, 0) is 0 Å². The number of halogens is 2. The molecule has 0 atom stereocenters. The maximum Gasteiger partial charge on any atom is 0.138 e. The van der Waals surface area contributed by atoms with Gasteiger partial charge in [-0.1, -0.05) is 0 Å². The van der Waals surface area contributed by atoms with Gasteiger partial charge in [0.2, 0.25) is 0 Å². The second kappa shape index (κ2) is 2.34. The molecule has 0 aromatic heterocycles. The van der Waals surface area contributed by atoms with Crippen LogP contribution in [0.4, 0.5) is 10.1 Å². The molecule has 0 bridgehead atoms. The second-order valence-corrected chi connectivity index (χ2v) is 3.12. The highest BCUT2D eigenvalue weighted by atomic mass is 79.9. The Morgan fingerprint density at radius 2 is 2.18 bits per heavy atom. The first-order valence-electron chi connectivity index (χ1n) is 3.14. The van der Waals surface area contributed by atoms with Gasteiger partial charge in [0, 0.05) is 11.8 Å². The molecule has 1 aromatic carbocycles. The summed E-state index contributed by atoms with van der Waals surface area (Å²) in [5.41, 5.74) is 1.66. The van der Waals surface area contributed by atoms with E-state index in [2.05, 4.69) is 21.2 Å². The summed E-state index contributed by atoms with van der Waals surface area (Å²) in [5, 5.41) is 4.02. The third-order valence-corrected chi connectivity index (χ3v) is 2.15. The topological polar surface area (TPSA) is 14.1 Å². The van der Waals surface area contributed by atoms with Crippen molar-refractivity contribution >= 4 is 27.7 Å². The molecule has 1 nitrogen and oxygen atoms in total. The van der Waals surface area contributed by atoms with E-state index >= 15 is 0 Å². The van der Waals surface area contributed by atoms with Crippen molar-refractivity contribution in [3.63, 3.8) is 0 Å². The monoisotopic (exact) mass is 212 g/mol. The third kappa shape index (κ3) is 1.05. The first kappa shape index (κ1) is 6.85. The van der Waals surface area contributed by atoms with Crippen LogP contribution in [0.2, 0.25) is 0 Å². The van der Waals surface area contributed by atoms with Gasteiger partial charge in [-0.2, -0.15) is 0 Å². The lowest BCUT2D eigenvalue weighted by Gasteiger charge is -1.98. The van der Waals surface area contributed by atoms with Gasteiger partial charge in [-0.15, -0.1) is 0 Å². The molecule has 0 unspecified atom stereocenters. The van der Waals surface area contributed by atoms with Crippen LogP contribution in [0.15, 0.2) is 22.8 Å². The van der Waals surface area contributed by atoms with Crippen LogP contribution in [0.25, 0.3) is 6.08 Å². The van der Waals surface area contributed by atoms with Crippen molar-refractivity contribution < 1.29 is 4.39 Å². The average Bonchev–Trinajstić information content (AvgIpc) is 2.36. The van der Waals surface area contributed by atoms with E-state index in [1.54, 1.807) is 18.3 Å². The molecule has 1 aliphatic rings. The van der Waals surface area contributed by atoms with Gasteiger partial charge in [0.1, 0.15) is 5.82 Å². The maximum absolute atomic E-state index is 12.9. The van der Waals surface area contributed by atoms with E-state index < -0.39 is 0 Å². The Morgan fingerprint density at radius 1 is 1.36 bits per heavy atom. The average molecular weight is 213 g/mol. The molecule has 3 heteroatoms. The quantitative estimate of drug-likeness (QED) is 0.629. The predicted octanol–water partition coefficient (Wildman–Crippen LogP) is 2.81. The molecule has 0 aliphatic carbocycles. The molecule has 0 fully saturated rings. The molecular weight excluding hydrogens is 209 g/mol. The molecule has 1 aromatic rings. The molecule has 0 saturated heterocycles. The van der Waals surface area contributed by atoms with Crippen LogP contribution in [0, 0.1) is 5.82 Å². The second-order valence-electron chi connectivity index (χ2n) is 2.27. The summed E-state index contributed by atoms with van der Waals surface area (Å²) in [6.45, 7) is 0. The van der Waals surface area contributed by atoms with E-state index in [1.807, 2.05) is 0 Å². The Bertz CT molecular complexity index is 333. The summed E-state index contributed by atoms with van der Waals surface area (Å²) in [6, 6.07) is 3.14. The lowest BCUT2D eigenvalue weighted by Crippen LogP contribution is -1.84. The first-order chi connectivity index (χ1) is 5.27.